The summed E-state index contributed by atoms with van der Waals surface area (Å²) in [4.78, 5) is 5.05. The minimum atomic E-state index is 0.804. The number of aryl methyl sites for hydroxylation is 1. The first-order valence-electron chi connectivity index (χ1n) is 9.63. The minimum Gasteiger partial charge on any atom is -0.497 e. The van der Waals surface area contributed by atoms with Crippen LogP contribution in [0.2, 0.25) is 0 Å². The van der Waals surface area contributed by atoms with Crippen molar-refractivity contribution in [2.24, 2.45) is 13.0 Å². The zero-order valence-electron chi connectivity index (χ0n) is 16.4. The lowest BCUT2D eigenvalue weighted by atomic mass is 9.96. The Bertz CT molecular complexity index is 659. The monoisotopic (exact) mass is 356 g/mol. The maximum Gasteiger partial charge on any atom is 0.118 e. The topological polar surface area (TPSA) is 33.5 Å². The Kier molecular flexibility index (Phi) is 6.69. The summed E-state index contributed by atoms with van der Waals surface area (Å²) in [5.74, 6) is 1.73. The highest BCUT2D eigenvalue weighted by molar-refractivity contribution is 5.27. The molecule has 0 atom stereocenters. The molecule has 1 aliphatic heterocycles. The fourth-order valence-corrected chi connectivity index (χ4v) is 3.74. The lowest BCUT2D eigenvalue weighted by Gasteiger charge is -2.33. The number of hydrogen-bond donors (Lipinski definition) is 0. The first-order chi connectivity index (χ1) is 12.6. The predicted molar refractivity (Wildman–Crippen MR) is 105 cm³/mol. The number of benzene rings is 1. The number of nitrogens with zero attached hydrogens (tertiary/aromatic N) is 4. The Hall–Kier alpha value is -1.85. The maximum absolute atomic E-state index is 5.26. The molecule has 5 nitrogen and oxygen atoms in total. The second kappa shape index (κ2) is 9.19. The molecule has 2 heterocycles. The largest absolute Gasteiger partial charge is 0.497 e. The molecule has 1 aliphatic rings. The van der Waals surface area contributed by atoms with Gasteiger partial charge >= 0.3 is 0 Å². The van der Waals surface area contributed by atoms with Crippen LogP contribution >= 0.6 is 0 Å². The van der Waals surface area contributed by atoms with E-state index >= 15 is 0 Å². The van der Waals surface area contributed by atoms with E-state index in [4.69, 9.17) is 4.74 Å². The molecule has 0 amide bonds. The second-order valence-electron chi connectivity index (χ2n) is 7.60. The van der Waals surface area contributed by atoms with Crippen molar-refractivity contribution in [1.29, 1.82) is 0 Å². The number of rotatable bonds is 8. The Morgan fingerprint density at radius 1 is 1.12 bits per heavy atom. The van der Waals surface area contributed by atoms with Gasteiger partial charge in [0.25, 0.3) is 0 Å². The van der Waals surface area contributed by atoms with E-state index in [-0.39, 0.29) is 0 Å². The smallest absolute Gasteiger partial charge is 0.118 e. The van der Waals surface area contributed by atoms with Crippen LogP contribution in [0.4, 0.5) is 0 Å². The van der Waals surface area contributed by atoms with Crippen LogP contribution in [0.25, 0.3) is 0 Å². The van der Waals surface area contributed by atoms with E-state index in [2.05, 4.69) is 52.4 Å². The maximum atomic E-state index is 5.26. The summed E-state index contributed by atoms with van der Waals surface area (Å²) >= 11 is 0. The van der Waals surface area contributed by atoms with Crippen LogP contribution < -0.4 is 4.74 Å². The van der Waals surface area contributed by atoms with Gasteiger partial charge in [0.05, 0.1) is 13.3 Å². The van der Waals surface area contributed by atoms with Gasteiger partial charge in [0.2, 0.25) is 0 Å². The van der Waals surface area contributed by atoms with Gasteiger partial charge in [-0.2, -0.15) is 5.10 Å². The van der Waals surface area contributed by atoms with Crippen molar-refractivity contribution in [3.8, 4) is 5.75 Å². The van der Waals surface area contributed by atoms with Crippen molar-refractivity contribution in [3.63, 3.8) is 0 Å². The normalized spacial score (nSPS) is 16.3. The highest BCUT2D eigenvalue weighted by atomic mass is 16.5. The zero-order chi connectivity index (χ0) is 18.4. The molecule has 1 aromatic carbocycles. The summed E-state index contributed by atoms with van der Waals surface area (Å²) in [6, 6.07) is 8.46. The van der Waals surface area contributed by atoms with Gasteiger partial charge in [-0.05, 0) is 63.0 Å². The molecule has 26 heavy (non-hydrogen) atoms. The van der Waals surface area contributed by atoms with Crippen LogP contribution in [0, 0.1) is 5.92 Å². The molecule has 0 saturated carbocycles. The van der Waals surface area contributed by atoms with E-state index < -0.39 is 0 Å². The van der Waals surface area contributed by atoms with Gasteiger partial charge in [0.15, 0.2) is 0 Å². The molecule has 142 valence electrons. The van der Waals surface area contributed by atoms with Gasteiger partial charge in [0.1, 0.15) is 5.75 Å². The van der Waals surface area contributed by atoms with Crippen LogP contribution in [0.15, 0.2) is 36.7 Å². The summed E-state index contributed by atoms with van der Waals surface area (Å²) in [6.45, 7) is 5.69. The van der Waals surface area contributed by atoms with E-state index in [9.17, 15) is 0 Å². The SMILES string of the molecule is COc1ccc(CCN(Cc2cnn(C)c2)CC2CCN(C)CC2)cc1. The van der Waals surface area contributed by atoms with E-state index in [0.717, 1.165) is 31.2 Å². The molecule has 0 bridgehead atoms. The van der Waals surface area contributed by atoms with Gasteiger partial charge < -0.3 is 9.64 Å². The summed E-state index contributed by atoms with van der Waals surface area (Å²) in [5, 5.41) is 4.33. The van der Waals surface area contributed by atoms with Gasteiger partial charge in [-0.25, -0.2) is 0 Å². The molecular weight excluding hydrogens is 324 g/mol. The lowest BCUT2D eigenvalue weighted by molar-refractivity contribution is 0.157. The number of hydrogen-bond acceptors (Lipinski definition) is 4. The van der Waals surface area contributed by atoms with Gasteiger partial charge in [-0.3, -0.25) is 9.58 Å². The Labute approximate surface area is 157 Å². The number of likely N-dealkylation sites (tertiary alicyclic amines) is 1. The first-order valence-corrected chi connectivity index (χ1v) is 9.63. The summed E-state index contributed by atoms with van der Waals surface area (Å²) < 4.78 is 7.16. The van der Waals surface area contributed by atoms with Crippen LogP contribution in [0.1, 0.15) is 24.0 Å². The molecule has 0 unspecified atom stereocenters. The van der Waals surface area contributed by atoms with Crippen LogP contribution in [0.5, 0.6) is 5.75 Å². The number of ether oxygens (including phenoxy) is 1. The van der Waals surface area contributed by atoms with Crippen molar-refractivity contribution in [1.82, 2.24) is 19.6 Å². The summed E-state index contributed by atoms with van der Waals surface area (Å²) in [6.07, 6.45) is 7.81. The standard InChI is InChI=1S/C21H32N4O/c1-23-11-8-19(9-12-23)16-25(17-20-14-22-24(2)15-20)13-10-18-4-6-21(26-3)7-5-18/h4-7,14-15,19H,8-13,16-17H2,1-3H3. The Morgan fingerprint density at radius 3 is 2.46 bits per heavy atom. The molecule has 0 radical (unpaired) electrons. The lowest BCUT2D eigenvalue weighted by Crippen LogP contribution is -2.37. The number of piperidine rings is 1. The quantitative estimate of drug-likeness (QED) is 0.728. The molecule has 1 saturated heterocycles. The van der Waals surface area contributed by atoms with Crippen molar-refractivity contribution in [2.75, 3.05) is 40.3 Å². The summed E-state index contributed by atoms with van der Waals surface area (Å²) in [7, 11) is 5.93. The fraction of sp³-hybridized carbons (Fsp3) is 0.571. The third kappa shape index (κ3) is 5.58. The van der Waals surface area contributed by atoms with Gasteiger partial charge in [-0.1, -0.05) is 12.1 Å². The molecule has 0 spiro atoms. The third-order valence-electron chi connectivity index (χ3n) is 5.39. The molecule has 0 aliphatic carbocycles. The molecule has 2 aromatic rings. The van der Waals surface area contributed by atoms with Crippen molar-refractivity contribution in [2.45, 2.75) is 25.8 Å². The van der Waals surface area contributed by atoms with Gasteiger partial charge in [-0.15, -0.1) is 0 Å². The average Bonchev–Trinajstić information content (AvgIpc) is 3.07. The highest BCUT2D eigenvalue weighted by Crippen LogP contribution is 2.19. The van der Waals surface area contributed by atoms with E-state index in [0.29, 0.717) is 0 Å². The summed E-state index contributed by atoms with van der Waals surface area (Å²) in [5.41, 5.74) is 2.67. The fourth-order valence-electron chi connectivity index (χ4n) is 3.74. The minimum absolute atomic E-state index is 0.804. The molecular formula is C21H32N4O. The first kappa shape index (κ1) is 18.9. The highest BCUT2D eigenvalue weighted by Gasteiger charge is 2.20. The molecule has 1 aromatic heterocycles. The van der Waals surface area contributed by atoms with E-state index in [1.165, 1.54) is 43.6 Å². The number of methoxy groups -OCH3 is 1. The Balaban J connectivity index is 1.59. The van der Waals surface area contributed by atoms with Crippen LogP contribution in [-0.2, 0) is 20.0 Å². The van der Waals surface area contributed by atoms with Crippen molar-refractivity contribution in [3.05, 3.63) is 47.8 Å². The Morgan fingerprint density at radius 2 is 1.85 bits per heavy atom. The van der Waals surface area contributed by atoms with E-state index in [1.807, 2.05) is 17.9 Å². The van der Waals surface area contributed by atoms with Gasteiger partial charge in [0, 0.05) is 38.4 Å². The average molecular weight is 357 g/mol. The molecule has 1 fully saturated rings. The number of aromatic nitrogens is 2. The zero-order valence-corrected chi connectivity index (χ0v) is 16.4. The third-order valence-corrected chi connectivity index (χ3v) is 5.39. The second-order valence-corrected chi connectivity index (χ2v) is 7.60. The van der Waals surface area contributed by atoms with Crippen molar-refractivity contribution >= 4 is 0 Å². The molecule has 0 N–H and O–H groups in total. The predicted octanol–water partition coefficient (Wildman–Crippen LogP) is 2.82. The van der Waals surface area contributed by atoms with E-state index in [1.54, 1.807) is 7.11 Å². The van der Waals surface area contributed by atoms with Crippen LogP contribution in [-0.4, -0.2) is 59.9 Å². The molecule has 5 heteroatoms. The van der Waals surface area contributed by atoms with Crippen molar-refractivity contribution < 1.29 is 4.74 Å². The molecule has 3 rings (SSSR count). The van der Waals surface area contributed by atoms with Crippen LogP contribution in [0.3, 0.4) is 0 Å².